The second kappa shape index (κ2) is 4.76. The fraction of sp³-hybridized carbons (Fsp3) is 0.500. The Morgan fingerprint density at radius 1 is 1.37 bits per heavy atom. The largest absolute Gasteiger partial charge is 0.338 e. The standard InChI is InChI=1S/C14H16ClFN2O/c15-11-3-1-2-9(13(11)16)14(19)18-6-8-4-5-12(17)10(8)7-18/h1-3,8,10,12H,4-7,17H2/t8-,10+,12-/m1/s1. The van der Waals surface area contributed by atoms with Gasteiger partial charge in [-0.2, -0.15) is 0 Å². The molecular weight excluding hydrogens is 267 g/mol. The smallest absolute Gasteiger partial charge is 0.256 e. The predicted octanol–water partition coefficient (Wildman–Crippen LogP) is 2.29. The number of nitrogens with zero attached hydrogens (tertiary/aromatic N) is 1. The van der Waals surface area contributed by atoms with Crippen molar-refractivity contribution in [2.45, 2.75) is 18.9 Å². The number of nitrogens with two attached hydrogens (primary N) is 1. The highest BCUT2D eigenvalue weighted by atomic mass is 35.5. The normalized spacial score (nSPS) is 29.6. The molecule has 102 valence electrons. The minimum Gasteiger partial charge on any atom is -0.338 e. The number of hydrogen-bond acceptors (Lipinski definition) is 2. The number of halogens is 2. The van der Waals surface area contributed by atoms with E-state index in [0.717, 1.165) is 12.8 Å². The molecule has 1 aliphatic heterocycles. The van der Waals surface area contributed by atoms with E-state index < -0.39 is 5.82 Å². The average Bonchev–Trinajstić information content (AvgIpc) is 2.95. The summed E-state index contributed by atoms with van der Waals surface area (Å²) in [4.78, 5) is 14.1. The SMILES string of the molecule is N[C@@H]1CC[C@@H]2CN(C(=O)c3cccc(Cl)c3F)C[C@@H]21. The van der Waals surface area contributed by atoms with Crippen LogP contribution < -0.4 is 5.73 Å². The van der Waals surface area contributed by atoms with Gasteiger partial charge in [-0.3, -0.25) is 4.79 Å². The minimum absolute atomic E-state index is 0.0121. The van der Waals surface area contributed by atoms with Crippen LogP contribution in [0, 0.1) is 17.7 Å². The van der Waals surface area contributed by atoms with E-state index in [4.69, 9.17) is 17.3 Å². The molecule has 3 rings (SSSR count). The summed E-state index contributed by atoms with van der Waals surface area (Å²) in [6.45, 7) is 1.32. The molecule has 1 aliphatic carbocycles. The lowest BCUT2D eigenvalue weighted by molar-refractivity contribution is 0.0775. The fourth-order valence-electron chi connectivity index (χ4n) is 3.31. The first-order valence-corrected chi connectivity index (χ1v) is 6.94. The zero-order valence-corrected chi connectivity index (χ0v) is 11.2. The van der Waals surface area contributed by atoms with E-state index >= 15 is 0 Å². The monoisotopic (exact) mass is 282 g/mol. The van der Waals surface area contributed by atoms with Gasteiger partial charge in [0.1, 0.15) is 0 Å². The summed E-state index contributed by atoms with van der Waals surface area (Å²) < 4.78 is 13.9. The number of fused-ring (bicyclic) bond motifs is 1. The van der Waals surface area contributed by atoms with Crippen LogP contribution in [-0.4, -0.2) is 29.9 Å². The van der Waals surface area contributed by atoms with E-state index in [1.54, 1.807) is 11.0 Å². The third-order valence-electron chi connectivity index (χ3n) is 4.38. The quantitative estimate of drug-likeness (QED) is 0.859. The Kier molecular flexibility index (Phi) is 3.23. The molecule has 0 unspecified atom stereocenters. The molecule has 0 spiro atoms. The Labute approximate surface area is 116 Å². The maximum absolute atomic E-state index is 13.9. The topological polar surface area (TPSA) is 46.3 Å². The zero-order valence-electron chi connectivity index (χ0n) is 10.5. The van der Waals surface area contributed by atoms with Crippen molar-refractivity contribution in [3.8, 4) is 0 Å². The molecule has 0 bridgehead atoms. The Morgan fingerprint density at radius 3 is 2.89 bits per heavy atom. The third-order valence-corrected chi connectivity index (χ3v) is 4.67. The first kappa shape index (κ1) is 12.9. The van der Waals surface area contributed by atoms with Crippen molar-refractivity contribution in [1.29, 1.82) is 0 Å². The van der Waals surface area contributed by atoms with E-state index in [-0.39, 0.29) is 22.5 Å². The number of amides is 1. The lowest BCUT2D eigenvalue weighted by Crippen LogP contribution is -2.33. The maximum Gasteiger partial charge on any atom is 0.256 e. The molecule has 1 amide bonds. The van der Waals surface area contributed by atoms with Crippen LogP contribution in [0.4, 0.5) is 4.39 Å². The second-order valence-electron chi connectivity index (χ2n) is 5.48. The summed E-state index contributed by atoms with van der Waals surface area (Å²) in [5.74, 6) is -0.0653. The molecule has 1 aromatic carbocycles. The van der Waals surface area contributed by atoms with Gasteiger partial charge in [0, 0.05) is 19.1 Å². The van der Waals surface area contributed by atoms with E-state index in [9.17, 15) is 9.18 Å². The Hall–Kier alpha value is -1.13. The van der Waals surface area contributed by atoms with Crippen LogP contribution in [0.2, 0.25) is 5.02 Å². The molecule has 2 N–H and O–H groups in total. The van der Waals surface area contributed by atoms with Gasteiger partial charge in [-0.25, -0.2) is 4.39 Å². The van der Waals surface area contributed by atoms with Gasteiger partial charge in [0.15, 0.2) is 5.82 Å². The summed E-state index contributed by atoms with van der Waals surface area (Å²) in [5.41, 5.74) is 6.10. The van der Waals surface area contributed by atoms with Crippen LogP contribution in [-0.2, 0) is 0 Å². The molecule has 3 nitrogen and oxygen atoms in total. The van der Waals surface area contributed by atoms with Gasteiger partial charge in [-0.1, -0.05) is 17.7 Å². The van der Waals surface area contributed by atoms with Crippen LogP contribution in [0.25, 0.3) is 0 Å². The lowest BCUT2D eigenvalue weighted by atomic mass is 9.98. The number of hydrogen-bond donors (Lipinski definition) is 1. The minimum atomic E-state index is -0.629. The average molecular weight is 283 g/mol. The molecule has 5 heteroatoms. The summed E-state index contributed by atoms with van der Waals surface area (Å²) in [6, 6.07) is 4.70. The molecular formula is C14H16ClFN2O. The van der Waals surface area contributed by atoms with Crippen LogP contribution in [0.15, 0.2) is 18.2 Å². The molecule has 1 saturated heterocycles. The summed E-state index contributed by atoms with van der Waals surface area (Å²) >= 11 is 5.72. The van der Waals surface area contributed by atoms with E-state index in [2.05, 4.69) is 0 Å². The molecule has 1 heterocycles. The van der Waals surface area contributed by atoms with E-state index in [1.807, 2.05) is 0 Å². The number of rotatable bonds is 1. The summed E-state index contributed by atoms with van der Waals surface area (Å²) in [5, 5.41) is -0.0121. The highest BCUT2D eigenvalue weighted by Gasteiger charge is 2.42. The molecule has 0 radical (unpaired) electrons. The van der Waals surface area contributed by atoms with Crippen LogP contribution >= 0.6 is 11.6 Å². The molecule has 3 atom stereocenters. The van der Waals surface area contributed by atoms with Crippen LogP contribution in [0.1, 0.15) is 23.2 Å². The Bertz CT molecular complexity index is 522. The predicted molar refractivity (Wildman–Crippen MR) is 71.5 cm³/mol. The van der Waals surface area contributed by atoms with Crippen molar-refractivity contribution in [1.82, 2.24) is 4.90 Å². The highest BCUT2D eigenvalue weighted by molar-refractivity contribution is 6.31. The van der Waals surface area contributed by atoms with Gasteiger partial charge in [0.25, 0.3) is 5.91 Å². The summed E-state index contributed by atoms with van der Waals surface area (Å²) in [6.07, 6.45) is 2.09. The van der Waals surface area contributed by atoms with Crippen molar-refractivity contribution >= 4 is 17.5 Å². The molecule has 1 aromatic rings. The highest BCUT2D eigenvalue weighted by Crippen LogP contribution is 2.37. The van der Waals surface area contributed by atoms with Crippen molar-refractivity contribution in [3.05, 3.63) is 34.6 Å². The molecule has 1 saturated carbocycles. The van der Waals surface area contributed by atoms with Crippen molar-refractivity contribution in [2.24, 2.45) is 17.6 Å². The molecule has 19 heavy (non-hydrogen) atoms. The molecule has 2 aliphatic rings. The van der Waals surface area contributed by atoms with Gasteiger partial charge in [0.05, 0.1) is 10.6 Å². The maximum atomic E-state index is 13.9. The molecule has 0 aromatic heterocycles. The number of carbonyl (C=O) groups is 1. The third kappa shape index (κ3) is 2.13. The first-order chi connectivity index (χ1) is 9.08. The Morgan fingerprint density at radius 2 is 2.16 bits per heavy atom. The van der Waals surface area contributed by atoms with Gasteiger partial charge >= 0.3 is 0 Å². The number of likely N-dealkylation sites (tertiary alicyclic amines) is 1. The molecule has 2 fully saturated rings. The lowest BCUT2D eigenvalue weighted by Gasteiger charge is -2.19. The second-order valence-corrected chi connectivity index (χ2v) is 5.88. The van der Waals surface area contributed by atoms with E-state index in [1.165, 1.54) is 12.1 Å². The van der Waals surface area contributed by atoms with Crippen LogP contribution in [0.3, 0.4) is 0 Å². The van der Waals surface area contributed by atoms with Gasteiger partial charge in [-0.15, -0.1) is 0 Å². The van der Waals surface area contributed by atoms with E-state index in [0.29, 0.717) is 24.9 Å². The van der Waals surface area contributed by atoms with Gasteiger partial charge in [0.2, 0.25) is 0 Å². The van der Waals surface area contributed by atoms with Crippen molar-refractivity contribution < 1.29 is 9.18 Å². The van der Waals surface area contributed by atoms with Crippen molar-refractivity contribution in [2.75, 3.05) is 13.1 Å². The van der Waals surface area contributed by atoms with Gasteiger partial charge in [-0.05, 0) is 36.8 Å². The first-order valence-electron chi connectivity index (χ1n) is 6.57. The van der Waals surface area contributed by atoms with Crippen LogP contribution in [0.5, 0.6) is 0 Å². The zero-order chi connectivity index (χ0) is 13.6. The number of carbonyl (C=O) groups excluding carboxylic acids is 1. The van der Waals surface area contributed by atoms with Gasteiger partial charge < -0.3 is 10.6 Å². The summed E-state index contributed by atoms with van der Waals surface area (Å²) in [7, 11) is 0. The van der Waals surface area contributed by atoms with Crippen molar-refractivity contribution in [3.63, 3.8) is 0 Å². The number of benzene rings is 1. The fourth-order valence-corrected chi connectivity index (χ4v) is 3.49. The Balaban J connectivity index is 1.81.